The molecule has 0 saturated carbocycles. The van der Waals surface area contributed by atoms with Crippen LogP contribution in [-0.2, 0) is 23.1 Å². The Morgan fingerprint density at radius 1 is 1.35 bits per heavy atom. The molecule has 1 aliphatic rings. The molecule has 6 heteroatoms. The largest absolute Gasteiger partial charge is 0.355 e. The first-order chi connectivity index (χ1) is 9.40. The fourth-order valence-electron chi connectivity index (χ4n) is 2.54. The van der Waals surface area contributed by atoms with Gasteiger partial charge in [0.25, 0.3) is 0 Å². The molecule has 0 radical (unpaired) electrons. The molecule has 110 valence electrons. The summed E-state index contributed by atoms with van der Waals surface area (Å²) >= 11 is 0. The van der Waals surface area contributed by atoms with Crippen molar-refractivity contribution in [2.24, 2.45) is 13.0 Å². The molecule has 0 aromatic carbocycles. The van der Waals surface area contributed by atoms with E-state index >= 15 is 0 Å². The second-order valence-corrected chi connectivity index (χ2v) is 5.43. The van der Waals surface area contributed by atoms with Gasteiger partial charge in [-0.1, -0.05) is 0 Å². The van der Waals surface area contributed by atoms with Gasteiger partial charge in [0.2, 0.25) is 11.8 Å². The minimum atomic E-state index is -0.0463. The van der Waals surface area contributed by atoms with Gasteiger partial charge in [-0.05, 0) is 25.8 Å². The number of aromatic nitrogens is 2. The topological polar surface area (TPSA) is 67.2 Å². The lowest BCUT2D eigenvalue weighted by atomic mass is 9.99. The van der Waals surface area contributed by atoms with E-state index in [-0.39, 0.29) is 17.7 Å². The highest BCUT2D eigenvalue weighted by atomic mass is 16.2. The highest BCUT2D eigenvalue weighted by Gasteiger charge is 2.33. The van der Waals surface area contributed by atoms with E-state index in [2.05, 4.69) is 10.4 Å². The first kappa shape index (κ1) is 14.6. The Labute approximate surface area is 119 Å². The molecule has 6 nitrogen and oxygen atoms in total. The normalized spacial score (nSPS) is 15.1. The summed E-state index contributed by atoms with van der Waals surface area (Å²) in [6.07, 6.45) is 0.792. The predicted molar refractivity (Wildman–Crippen MR) is 75.1 cm³/mol. The third-order valence-corrected chi connectivity index (χ3v) is 4.03. The summed E-state index contributed by atoms with van der Waals surface area (Å²) in [6, 6.07) is 0. The summed E-state index contributed by atoms with van der Waals surface area (Å²) in [5.41, 5.74) is 3.36. The number of nitrogens with one attached hydrogen (secondary N) is 1. The average Bonchev–Trinajstić information content (AvgIpc) is 2.53. The summed E-state index contributed by atoms with van der Waals surface area (Å²) in [7, 11) is 1.93. The van der Waals surface area contributed by atoms with E-state index in [0.717, 1.165) is 17.8 Å². The molecule has 1 aromatic rings. The van der Waals surface area contributed by atoms with E-state index in [9.17, 15) is 9.59 Å². The summed E-state index contributed by atoms with van der Waals surface area (Å²) in [5.74, 6) is 0.0346. The quantitative estimate of drug-likeness (QED) is 0.854. The third kappa shape index (κ3) is 2.84. The van der Waals surface area contributed by atoms with Gasteiger partial charge in [-0.2, -0.15) is 5.10 Å². The molecule has 2 rings (SSSR count). The van der Waals surface area contributed by atoms with E-state index in [1.54, 1.807) is 4.90 Å². The molecule has 0 bridgehead atoms. The molecule has 0 aliphatic carbocycles. The number of hydrogen-bond acceptors (Lipinski definition) is 3. The van der Waals surface area contributed by atoms with Gasteiger partial charge in [-0.15, -0.1) is 0 Å². The van der Waals surface area contributed by atoms with Crippen LogP contribution in [0.2, 0.25) is 0 Å². The lowest BCUT2D eigenvalue weighted by Crippen LogP contribution is -2.55. The highest BCUT2D eigenvalue weighted by molar-refractivity contribution is 5.83. The predicted octanol–water partition coefficient (Wildman–Crippen LogP) is 0.174. The van der Waals surface area contributed by atoms with Crippen LogP contribution in [0, 0.1) is 19.8 Å². The maximum absolute atomic E-state index is 11.9. The van der Waals surface area contributed by atoms with E-state index in [1.807, 2.05) is 25.6 Å². The second kappa shape index (κ2) is 5.64. The maximum atomic E-state index is 11.9. The summed E-state index contributed by atoms with van der Waals surface area (Å²) in [4.78, 5) is 24.6. The van der Waals surface area contributed by atoms with Crippen molar-refractivity contribution in [2.75, 3.05) is 19.6 Å². The Morgan fingerprint density at radius 3 is 2.50 bits per heavy atom. The number of carbonyl (C=O) groups is 2. The lowest BCUT2D eigenvalue weighted by molar-refractivity contribution is -0.141. The molecule has 1 saturated heterocycles. The number of rotatable bonds is 4. The monoisotopic (exact) mass is 278 g/mol. The first-order valence-corrected chi connectivity index (χ1v) is 6.92. The Morgan fingerprint density at radius 2 is 2.00 bits per heavy atom. The molecule has 0 unspecified atom stereocenters. The minimum absolute atomic E-state index is 0.0376. The van der Waals surface area contributed by atoms with Gasteiger partial charge in [0, 0.05) is 39.3 Å². The van der Waals surface area contributed by atoms with Gasteiger partial charge in [-0.3, -0.25) is 14.3 Å². The van der Waals surface area contributed by atoms with Crippen LogP contribution in [0.4, 0.5) is 0 Å². The molecule has 1 aromatic heterocycles. The molecule has 20 heavy (non-hydrogen) atoms. The molecular weight excluding hydrogens is 256 g/mol. The van der Waals surface area contributed by atoms with E-state index in [0.29, 0.717) is 19.6 Å². The SMILES string of the molecule is CC(=O)N1CC(C(=O)NCCc2c(C)nn(C)c2C)C1. The van der Waals surface area contributed by atoms with Crippen molar-refractivity contribution in [3.63, 3.8) is 0 Å². The molecule has 1 N–H and O–H groups in total. The number of carbonyl (C=O) groups excluding carboxylic acids is 2. The van der Waals surface area contributed by atoms with Crippen molar-refractivity contribution in [3.8, 4) is 0 Å². The summed E-state index contributed by atoms with van der Waals surface area (Å²) in [5, 5.41) is 7.30. The van der Waals surface area contributed by atoms with Gasteiger partial charge in [0.1, 0.15) is 0 Å². The van der Waals surface area contributed by atoms with Gasteiger partial charge in [0.05, 0.1) is 11.6 Å². The Kier molecular flexibility index (Phi) is 4.11. The second-order valence-electron chi connectivity index (χ2n) is 5.43. The van der Waals surface area contributed by atoms with Crippen LogP contribution in [0.1, 0.15) is 23.9 Å². The van der Waals surface area contributed by atoms with Crippen LogP contribution in [-0.4, -0.2) is 46.1 Å². The molecule has 2 heterocycles. The van der Waals surface area contributed by atoms with Crippen molar-refractivity contribution < 1.29 is 9.59 Å². The third-order valence-electron chi connectivity index (χ3n) is 4.03. The molecule has 0 spiro atoms. The first-order valence-electron chi connectivity index (χ1n) is 6.92. The number of aryl methyl sites for hydroxylation is 2. The van der Waals surface area contributed by atoms with Crippen LogP contribution in [0.25, 0.3) is 0 Å². The van der Waals surface area contributed by atoms with Gasteiger partial charge < -0.3 is 10.2 Å². The van der Waals surface area contributed by atoms with E-state index < -0.39 is 0 Å². The standard InChI is InChI=1S/C14H22N4O2/c1-9-13(10(2)17(4)16-9)5-6-15-14(20)12-7-18(8-12)11(3)19/h12H,5-8H2,1-4H3,(H,15,20). The fraction of sp³-hybridized carbons (Fsp3) is 0.643. The van der Waals surface area contributed by atoms with Crippen molar-refractivity contribution >= 4 is 11.8 Å². The van der Waals surface area contributed by atoms with Crippen LogP contribution in [0.5, 0.6) is 0 Å². The molecule has 1 aliphatic heterocycles. The van der Waals surface area contributed by atoms with Gasteiger partial charge in [0.15, 0.2) is 0 Å². The van der Waals surface area contributed by atoms with Crippen LogP contribution in [0.15, 0.2) is 0 Å². The number of nitrogens with zero attached hydrogens (tertiary/aromatic N) is 3. The Bertz CT molecular complexity index is 530. The average molecular weight is 278 g/mol. The summed E-state index contributed by atoms with van der Waals surface area (Å²) in [6.45, 7) is 7.26. The van der Waals surface area contributed by atoms with Gasteiger partial charge in [-0.25, -0.2) is 0 Å². The van der Waals surface area contributed by atoms with Crippen molar-refractivity contribution in [2.45, 2.75) is 27.2 Å². The maximum Gasteiger partial charge on any atom is 0.226 e. The fourth-order valence-corrected chi connectivity index (χ4v) is 2.54. The molecule has 1 fully saturated rings. The minimum Gasteiger partial charge on any atom is -0.355 e. The van der Waals surface area contributed by atoms with Crippen molar-refractivity contribution in [1.82, 2.24) is 20.0 Å². The zero-order valence-electron chi connectivity index (χ0n) is 12.6. The van der Waals surface area contributed by atoms with Crippen molar-refractivity contribution in [1.29, 1.82) is 0 Å². The summed E-state index contributed by atoms with van der Waals surface area (Å²) < 4.78 is 1.86. The lowest BCUT2D eigenvalue weighted by Gasteiger charge is -2.37. The molecule has 0 atom stereocenters. The zero-order chi connectivity index (χ0) is 14.9. The van der Waals surface area contributed by atoms with Crippen LogP contribution < -0.4 is 5.32 Å². The zero-order valence-corrected chi connectivity index (χ0v) is 12.6. The Balaban J connectivity index is 1.76. The number of hydrogen-bond donors (Lipinski definition) is 1. The number of amides is 2. The van der Waals surface area contributed by atoms with Gasteiger partial charge >= 0.3 is 0 Å². The molecule has 2 amide bonds. The Hall–Kier alpha value is -1.85. The highest BCUT2D eigenvalue weighted by Crippen LogP contribution is 2.16. The smallest absolute Gasteiger partial charge is 0.226 e. The van der Waals surface area contributed by atoms with E-state index in [4.69, 9.17) is 0 Å². The van der Waals surface area contributed by atoms with Crippen molar-refractivity contribution in [3.05, 3.63) is 17.0 Å². The molecular formula is C14H22N4O2. The van der Waals surface area contributed by atoms with Crippen LogP contribution in [0.3, 0.4) is 0 Å². The van der Waals surface area contributed by atoms with E-state index in [1.165, 1.54) is 12.5 Å². The number of likely N-dealkylation sites (tertiary alicyclic amines) is 1. The van der Waals surface area contributed by atoms with Crippen LogP contribution >= 0.6 is 0 Å².